The lowest BCUT2D eigenvalue weighted by atomic mass is 10.1. The maximum atomic E-state index is 12.1. The van der Waals surface area contributed by atoms with Gasteiger partial charge in [0.15, 0.2) is 5.69 Å². The molecule has 1 aliphatic carbocycles. The number of carbonyl (C=O) groups excluding carboxylic acids is 1. The highest BCUT2D eigenvalue weighted by atomic mass is 32.1. The van der Waals surface area contributed by atoms with Gasteiger partial charge in [-0.2, -0.15) is 4.37 Å². The summed E-state index contributed by atoms with van der Waals surface area (Å²) in [4.78, 5) is 27.4. The molecule has 1 aromatic heterocycles. The SMILES string of the molecule is O=C(O)c1nsc2cc(N3CCN(C(=O)C4CC4)CC3)ccc12. The Hall–Kier alpha value is -2.15. The second-order valence-electron chi connectivity index (χ2n) is 6.10. The lowest BCUT2D eigenvalue weighted by molar-refractivity contribution is -0.132. The fourth-order valence-corrected chi connectivity index (χ4v) is 3.85. The van der Waals surface area contributed by atoms with Gasteiger partial charge in [-0.05, 0) is 42.6 Å². The number of amides is 1. The molecule has 1 amide bonds. The first-order valence-corrected chi connectivity index (χ1v) is 8.57. The van der Waals surface area contributed by atoms with E-state index in [1.807, 2.05) is 23.1 Å². The van der Waals surface area contributed by atoms with Crippen molar-refractivity contribution in [2.24, 2.45) is 5.92 Å². The number of fused-ring (bicyclic) bond motifs is 1. The first-order valence-electron chi connectivity index (χ1n) is 7.80. The van der Waals surface area contributed by atoms with E-state index < -0.39 is 5.97 Å². The van der Waals surface area contributed by atoms with E-state index in [2.05, 4.69) is 9.27 Å². The molecule has 1 aromatic carbocycles. The highest BCUT2D eigenvalue weighted by Crippen LogP contribution is 2.32. The molecule has 2 aromatic rings. The predicted molar refractivity (Wildman–Crippen MR) is 88.1 cm³/mol. The second kappa shape index (κ2) is 5.49. The summed E-state index contributed by atoms with van der Waals surface area (Å²) in [5, 5.41) is 9.81. The van der Waals surface area contributed by atoms with Crippen molar-refractivity contribution in [3.63, 3.8) is 0 Å². The Morgan fingerprint density at radius 2 is 1.91 bits per heavy atom. The monoisotopic (exact) mass is 331 g/mol. The van der Waals surface area contributed by atoms with Crippen molar-refractivity contribution >= 4 is 39.2 Å². The summed E-state index contributed by atoms with van der Waals surface area (Å²) in [5.74, 6) is -0.394. The van der Waals surface area contributed by atoms with Crippen LogP contribution in [0.3, 0.4) is 0 Å². The number of aromatic nitrogens is 1. The molecule has 1 N–H and O–H groups in total. The number of nitrogens with zero attached hydrogens (tertiary/aromatic N) is 3. The van der Waals surface area contributed by atoms with E-state index in [4.69, 9.17) is 5.11 Å². The number of carbonyl (C=O) groups is 2. The van der Waals surface area contributed by atoms with Crippen molar-refractivity contribution < 1.29 is 14.7 Å². The van der Waals surface area contributed by atoms with Crippen LogP contribution in [-0.2, 0) is 4.79 Å². The normalized spacial score (nSPS) is 18.4. The fourth-order valence-electron chi connectivity index (χ4n) is 3.05. The van der Waals surface area contributed by atoms with Gasteiger partial charge in [-0.3, -0.25) is 4.79 Å². The molecular weight excluding hydrogens is 314 g/mol. The summed E-state index contributed by atoms with van der Waals surface area (Å²) in [5.41, 5.74) is 1.19. The number of piperazine rings is 1. The quantitative estimate of drug-likeness (QED) is 0.932. The van der Waals surface area contributed by atoms with Crippen LogP contribution in [-0.4, -0.2) is 52.4 Å². The zero-order valence-electron chi connectivity index (χ0n) is 12.6. The molecule has 23 heavy (non-hydrogen) atoms. The molecule has 7 heteroatoms. The summed E-state index contributed by atoms with van der Waals surface area (Å²) < 4.78 is 4.90. The third-order valence-corrected chi connectivity index (χ3v) is 5.35. The summed E-state index contributed by atoms with van der Waals surface area (Å²) >= 11 is 1.22. The van der Waals surface area contributed by atoms with E-state index in [0.717, 1.165) is 49.4 Å². The highest BCUT2D eigenvalue weighted by Gasteiger charge is 2.34. The van der Waals surface area contributed by atoms with Crippen molar-refractivity contribution in [1.29, 1.82) is 0 Å². The molecule has 2 aliphatic rings. The zero-order valence-corrected chi connectivity index (χ0v) is 13.4. The standard InChI is InChI=1S/C16H17N3O3S/c20-15(10-1-2-10)19-7-5-18(6-8-19)11-3-4-12-13(9-11)23-17-14(12)16(21)22/h3-4,9-10H,1-2,5-8H2,(H,21,22). The smallest absolute Gasteiger partial charge is 0.356 e. The lowest BCUT2D eigenvalue weighted by Gasteiger charge is -2.36. The third-order valence-electron chi connectivity index (χ3n) is 4.54. The summed E-state index contributed by atoms with van der Waals surface area (Å²) in [6.07, 6.45) is 2.10. The van der Waals surface area contributed by atoms with Gasteiger partial charge in [-0.25, -0.2) is 4.79 Å². The van der Waals surface area contributed by atoms with E-state index in [1.54, 1.807) is 0 Å². The van der Waals surface area contributed by atoms with Gasteiger partial charge in [0, 0.05) is 43.2 Å². The predicted octanol–water partition coefficient (Wildman–Crippen LogP) is 2.05. The van der Waals surface area contributed by atoms with Crippen LogP contribution in [0, 0.1) is 5.92 Å². The Morgan fingerprint density at radius 3 is 2.57 bits per heavy atom. The molecule has 0 atom stereocenters. The van der Waals surface area contributed by atoms with Crippen molar-refractivity contribution in [1.82, 2.24) is 9.27 Å². The van der Waals surface area contributed by atoms with Crippen molar-refractivity contribution in [2.75, 3.05) is 31.1 Å². The Balaban J connectivity index is 1.49. The largest absolute Gasteiger partial charge is 0.476 e. The second-order valence-corrected chi connectivity index (χ2v) is 6.91. The van der Waals surface area contributed by atoms with Crippen molar-refractivity contribution in [3.05, 3.63) is 23.9 Å². The Kier molecular flexibility index (Phi) is 3.45. The summed E-state index contributed by atoms with van der Waals surface area (Å²) in [7, 11) is 0. The van der Waals surface area contributed by atoms with Crippen molar-refractivity contribution in [2.45, 2.75) is 12.8 Å². The number of rotatable bonds is 3. The minimum atomic E-state index is -0.990. The highest BCUT2D eigenvalue weighted by molar-refractivity contribution is 7.13. The van der Waals surface area contributed by atoms with Gasteiger partial charge in [0.25, 0.3) is 0 Å². The molecule has 0 spiro atoms. The molecule has 1 aliphatic heterocycles. The van der Waals surface area contributed by atoms with Gasteiger partial charge in [0.05, 0.1) is 4.70 Å². The van der Waals surface area contributed by atoms with E-state index in [9.17, 15) is 9.59 Å². The molecule has 2 heterocycles. The number of anilines is 1. The molecular formula is C16H17N3O3S. The van der Waals surface area contributed by atoms with Crippen LogP contribution in [0.1, 0.15) is 23.3 Å². The van der Waals surface area contributed by atoms with Crippen molar-refractivity contribution in [3.8, 4) is 0 Å². The van der Waals surface area contributed by atoms with Crippen LogP contribution in [0.5, 0.6) is 0 Å². The van der Waals surface area contributed by atoms with Gasteiger partial charge in [0.2, 0.25) is 5.91 Å². The third kappa shape index (κ3) is 2.65. The summed E-state index contributed by atoms with van der Waals surface area (Å²) in [6, 6.07) is 5.78. The minimum absolute atomic E-state index is 0.122. The first kappa shape index (κ1) is 14.4. The van der Waals surface area contributed by atoms with Crippen LogP contribution in [0.2, 0.25) is 0 Å². The number of aromatic carboxylic acids is 1. The molecule has 0 unspecified atom stereocenters. The molecule has 120 valence electrons. The van der Waals surface area contributed by atoms with Gasteiger partial charge >= 0.3 is 5.97 Å². The first-order chi connectivity index (χ1) is 11.1. The van der Waals surface area contributed by atoms with Crippen LogP contribution >= 0.6 is 11.5 Å². The molecule has 0 bridgehead atoms. The average molecular weight is 331 g/mol. The molecule has 1 saturated carbocycles. The number of hydrogen-bond donors (Lipinski definition) is 1. The maximum absolute atomic E-state index is 12.1. The molecule has 2 fully saturated rings. The summed E-state index contributed by atoms with van der Waals surface area (Å²) in [6.45, 7) is 3.15. The minimum Gasteiger partial charge on any atom is -0.476 e. The number of carboxylic acids is 1. The van der Waals surface area contributed by atoms with Gasteiger partial charge in [-0.15, -0.1) is 0 Å². The van der Waals surface area contributed by atoms with Crippen LogP contribution in [0.25, 0.3) is 10.1 Å². The zero-order chi connectivity index (χ0) is 16.0. The Labute approximate surface area is 137 Å². The van der Waals surface area contributed by atoms with Crippen LogP contribution in [0.15, 0.2) is 18.2 Å². The topological polar surface area (TPSA) is 73.7 Å². The van der Waals surface area contributed by atoms with Gasteiger partial charge < -0.3 is 14.9 Å². The van der Waals surface area contributed by atoms with E-state index in [1.165, 1.54) is 11.5 Å². The van der Waals surface area contributed by atoms with Crippen LogP contribution < -0.4 is 4.90 Å². The number of hydrogen-bond acceptors (Lipinski definition) is 5. The molecule has 6 nitrogen and oxygen atoms in total. The Morgan fingerprint density at radius 1 is 1.17 bits per heavy atom. The molecule has 1 saturated heterocycles. The Bertz CT molecular complexity index is 776. The van der Waals surface area contributed by atoms with Gasteiger partial charge in [-0.1, -0.05) is 0 Å². The number of benzene rings is 1. The molecule has 0 radical (unpaired) electrons. The van der Waals surface area contributed by atoms with Crippen LogP contribution in [0.4, 0.5) is 5.69 Å². The maximum Gasteiger partial charge on any atom is 0.356 e. The van der Waals surface area contributed by atoms with E-state index in [0.29, 0.717) is 11.3 Å². The van der Waals surface area contributed by atoms with E-state index >= 15 is 0 Å². The molecule has 4 rings (SSSR count). The van der Waals surface area contributed by atoms with Gasteiger partial charge in [0.1, 0.15) is 0 Å². The lowest BCUT2D eigenvalue weighted by Crippen LogP contribution is -2.49. The van der Waals surface area contributed by atoms with E-state index in [-0.39, 0.29) is 11.6 Å². The number of carboxylic acid groups (broad SMARTS) is 1. The fraction of sp³-hybridized carbons (Fsp3) is 0.438. The average Bonchev–Trinajstić information content (AvgIpc) is 3.32.